The van der Waals surface area contributed by atoms with E-state index < -0.39 is 5.41 Å². The predicted octanol–water partition coefficient (Wildman–Crippen LogP) is 4.90. The highest BCUT2D eigenvalue weighted by Crippen LogP contribution is 2.38. The van der Waals surface area contributed by atoms with Crippen molar-refractivity contribution in [1.82, 2.24) is 9.88 Å². The number of fused-ring (bicyclic) bond motifs is 1. The van der Waals surface area contributed by atoms with E-state index in [0.29, 0.717) is 32.0 Å². The fourth-order valence-electron chi connectivity index (χ4n) is 5.49. The molecule has 0 bridgehead atoms. The van der Waals surface area contributed by atoms with E-state index in [1.54, 1.807) is 6.07 Å². The number of pyridine rings is 1. The number of hydrogen-bond acceptors (Lipinski definition) is 3. The standard InChI is InChI=1S/C27H29FN2O2/c28-24-10-2-9-23(18-24)27(11-15-32-16-12-27)26(31)30-14-4-5-20(19-30)17-22-7-1-6-21-8-3-13-29-25(21)22/h1-3,6-10,13,18,20H,4-5,11-12,14-17,19H2. The van der Waals surface area contributed by atoms with Crippen molar-refractivity contribution in [1.29, 1.82) is 0 Å². The van der Waals surface area contributed by atoms with Crippen molar-refractivity contribution in [2.24, 2.45) is 5.92 Å². The Morgan fingerprint density at radius 1 is 1.12 bits per heavy atom. The smallest absolute Gasteiger partial charge is 0.233 e. The van der Waals surface area contributed by atoms with Gasteiger partial charge in [0, 0.05) is 37.9 Å². The second-order valence-electron chi connectivity index (χ2n) is 9.16. The minimum Gasteiger partial charge on any atom is -0.381 e. The first-order valence-electron chi connectivity index (χ1n) is 11.6. The van der Waals surface area contributed by atoms with E-state index in [-0.39, 0.29) is 11.7 Å². The SMILES string of the molecule is O=C(N1CCCC(Cc2cccc3cccnc23)C1)C1(c2cccc(F)c2)CCOCC1. The van der Waals surface area contributed by atoms with Crippen LogP contribution in [0.5, 0.6) is 0 Å². The number of rotatable bonds is 4. The van der Waals surface area contributed by atoms with Gasteiger partial charge in [0.1, 0.15) is 5.82 Å². The molecule has 2 aromatic carbocycles. The predicted molar refractivity (Wildman–Crippen MR) is 123 cm³/mol. The Labute approximate surface area is 188 Å². The number of likely N-dealkylation sites (tertiary alicyclic amines) is 1. The first kappa shape index (κ1) is 21.1. The molecular formula is C27H29FN2O2. The highest BCUT2D eigenvalue weighted by molar-refractivity contribution is 5.88. The summed E-state index contributed by atoms with van der Waals surface area (Å²) in [6.45, 7) is 2.56. The van der Waals surface area contributed by atoms with Gasteiger partial charge in [0.05, 0.1) is 10.9 Å². The van der Waals surface area contributed by atoms with Crippen molar-refractivity contribution in [2.45, 2.75) is 37.5 Å². The largest absolute Gasteiger partial charge is 0.381 e. The van der Waals surface area contributed by atoms with E-state index in [1.807, 2.05) is 23.2 Å². The summed E-state index contributed by atoms with van der Waals surface area (Å²) < 4.78 is 19.7. The van der Waals surface area contributed by atoms with Gasteiger partial charge >= 0.3 is 0 Å². The molecule has 2 fully saturated rings. The number of aromatic nitrogens is 1. The van der Waals surface area contributed by atoms with Crippen LogP contribution in [-0.4, -0.2) is 42.1 Å². The molecule has 3 heterocycles. The molecule has 166 valence electrons. The molecule has 5 heteroatoms. The number of amides is 1. The van der Waals surface area contributed by atoms with Gasteiger partial charge in [-0.05, 0) is 67.3 Å². The number of carbonyl (C=O) groups excluding carboxylic acids is 1. The van der Waals surface area contributed by atoms with Crippen molar-refractivity contribution in [2.75, 3.05) is 26.3 Å². The fraction of sp³-hybridized carbons (Fsp3) is 0.407. The molecule has 0 N–H and O–H groups in total. The number of ether oxygens (including phenoxy) is 1. The molecule has 4 nitrogen and oxygen atoms in total. The lowest BCUT2D eigenvalue weighted by molar-refractivity contribution is -0.143. The second-order valence-corrected chi connectivity index (χ2v) is 9.16. The minimum absolute atomic E-state index is 0.132. The number of carbonyl (C=O) groups is 1. The molecule has 0 radical (unpaired) electrons. The van der Waals surface area contributed by atoms with Crippen LogP contribution in [0.3, 0.4) is 0 Å². The first-order chi connectivity index (χ1) is 15.7. The molecule has 1 amide bonds. The molecular weight excluding hydrogens is 403 g/mol. The highest BCUT2D eigenvalue weighted by Gasteiger charge is 2.45. The molecule has 2 saturated heterocycles. The first-order valence-corrected chi connectivity index (χ1v) is 11.6. The van der Waals surface area contributed by atoms with Gasteiger partial charge in [-0.15, -0.1) is 0 Å². The topological polar surface area (TPSA) is 42.4 Å². The summed E-state index contributed by atoms with van der Waals surface area (Å²) in [4.78, 5) is 20.6. The summed E-state index contributed by atoms with van der Waals surface area (Å²) in [5, 5.41) is 1.15. The second kappa shape index (κ2) is 8.99. The average molecular weight is 433 g/mol. The summed E-state index contributed by atoms with van der Waals surface area (Å²) >= 11 is 0. The van der Waals surface area contributed by atoms with Gasteiger partial charge in [0.2, 0.25) is 5.91 Å². The zero-order valence-corrected chi connectivity index (χ0v) is 18.3. The molecule has 0 spiro atoms. The Kier molecular flexibility index (Phi) is 5.92. The zero-order valence-electron chi connectivity index (χ0n) is 18.3. The van der Waals surface area contributed by atoms with Crippen LogP contribution in [0.25, 0.3) is 10.9 Å². The van der Waals surface area contributed by atoms with Gasteiger partial charge < -0.3 is 9.64 Å². The molecule has 1 atom stereocenters. The lowest BCUT2D eigenvalue weighted by atomic mass is 9.72. The van der Waals surface area contributed by atoms with Gasteiger partial charge in [0.25, 0.3) is 0 Å². The summed E-state index contributed by atoms with van der Waals surface area (Å²) in [5.74, 6) is 0.234. The molecule has 1 unspecified atom stereocenters. The van der Waals surface area contributed by atoms with Crippen molar-refractivity contribution in [3.8, 4) is 0 Å². The lowest BCUT2D eigenvalue weighted by Crippen LogP contribution is -2.52. The molecule has 2 aliphatic rings. The molecule has 3 aromatic rings. The number of piperidine rings is 1. The van der Waals surface area contributed by atoms with Gasteiger partial charge in [-0.1, -0.05) is 36.4 Å². The monoisotopic (exact) mass is 432 g/mol. The number of nitrogens with zero attached hydrogens (tertiary/aromatic N) is 2. The lowest BCUT2D eigenvalue weighted by Gasteiger charge is -2.43. The average Bonchev–Trinajstić information content (AvgIpc) is 2.84. The fourth-order valence-corrected chi connectivity index (χ4v) is 5.49. The quantitative estimate of drug-likeness (QED) is 0.589. The van der Waals surface area contributed by atoms with E-state index >= 15 is 0 Å². The van der Waals surface area contributed by atoms with Gasteiger partial charge in [-0.2, -0.15) is 0 Å². The van der Waals surface area contributed by atoms with Crippen LogP contribution in [0, 0.1) is 11.7 Å². The Morgan fingerprint density at radius 2 is 1.94 bits per heavy atom. The number of hydrogen-bond donors (Lipinski definition) is 0. The van der Waals surface area contributed by atoms with E-state index in [9.17, 15) is 9.18 Å². The molecule has 1 aromatic heterocycles. The van der Waals surface area contributed by atoms with E-state index in [0.717, 1.165) is 48.8 Å². The normalized spacial score (nSPS) is 20.9. The Morgan fingerprint density at radius 3 is 2.78 bits per heavy atom. The molecule has 0 aliphatic carbocycles. The maximum atomic E-state index is 14.1. The van der Waals surface area contributed by atoms with Crippen molar-refractivity contribution in [3.63, 3.8) is 0 Å². The summed E-state index contributed by atoms with van der Waals surface area (Å²) in [6.07, 6.45) is 6.05. The zero-order chi connectivity index (χ0) is 22.0. The number of benzene rings is 2. The summed E-state index contributed by atoms with van der Waals surface area (Å²) in [7, 11) is 0. The van der Waals surface area contributed by atoms with Crippen molar-refractivity contribution in [3.05, 3.63) is 77.7 Å². The maximum Gasteiger partial charge on any atom is 0.233 e. The maximum absolute atomic E-state index is 14.1. The van der Waals surface area contributed by atoms with Gasteiger partial charge in [0.15, 0.2) is 0 Å². The molecule has 5 rings (SSSR count). The third kappa shape index (κ3) is 4.02. The Balaban J connectivity index is 1.38. The Hall–Kier alpha value is -2.79. The van der Waals surface area contributed by atoms with Crippen molar-refractivity contribution >= 4 is 16.8 Å². The van der Waals surface area contributed by atoms with Crippen LogP contribution in [0.1, 0.15) is 36.8 Å². The van der Waals surface area contributed by atoms with E-state index in [2.05, 4.69) is 29.2 Å². The van der Waals surface area contributed by atoms with Crippen LogP contribution < -0.4 is 0 Å². The van der Waals surface area contributed by atoms with Gasteiger partial charge in [-0.3, -0.25) is 9.78 Å². The molecule has 32 heavy (non-hydrogen) atoms. The number of para-hydroxylation sites is 1. The molecule has 2 aliphatic heterocycles. The van der Waals surface area contributed by atoms with Crippen molar-refractivity contribution < 1.29 is 13.9 Å². The van der Waals surface area contributed by atoms with Crippen LogP contribution in [0.15, 0.2) is 60.8 Å². The van der Waals surface area contributed by atoms with Gasteiger partial charge in [-0.25, -0.2) is 4.39 Å². The Bertz CT molecular complexity index is 1100. The molecule has 0 saturated carbocycles. The van der Waals surface area contributed by atoms with Crippen LogP contribution in [-0.2, 0) is 21.4 Å². The van der Waals surface area contributed by atoms with Crippen LogP contribution in [0.4, 0.5) is 4.39 Å². The van der Waals surface area contributed by atoms with E-state index in [4.69, 9.17) is 4.74 Å². The third-order valence-corrected chi connectivity index (χ3v) is 7.16. The summed E-state index contributed by atoms with van der Waals surface area (Å²) in [6, 6.07) is 17.0. The van der Waals surface area contributed by atoms with Crippen LogP contribution in [0.2, 0.25) is 0 Å². The third-order valence-electron chi connectivity index (χ3n) is 7.16. The number of halogens is 1. The summed E-state index contributed by atoms with van der Waals surface area (Å²) in [5.41, 5.74) is 2.39. The van der Waals surface area contributed by atoms with E-state index in [1.165, 1.54) is 17.7 Å². The highest BCUT2D eigenvalue weighted by atomic mass is 19.1. The minimum atomic E-state index is -0.691. The van der Waals surface area contributed by atoms with Crippen LogP contribution >= 0.6 is 0 Å².